The molecule has 0 spiro atoms. The van der Waals surface area contributed by atoms with Crippen LogP contribution in [-0.4, -0.2) is 36.7 Å². The molecule has 138 valence electrons. The number of carbonyl (C=O) groups is 1. The molecule has 0 bridgehead atoms. The topological polar surface area (TPSA) is 38.8 Å². The van der Waals surface area contributed by atoms with E-state index in [2.05, 4.69) is 0 Å². The molecule has 0 aromatic heterocycles. The molecule has 2 aromatic rings. The molecule has 0 aliphatic carbocycles. The first-order valence-electron chi connectivity index (χ1n) is 9.04. The van der Waals surface area contributed by atoms with Gasteiger partial charge in [0, 0.05) is 30.3 Å². The number of ether oxygens (including phenoxy) is 2. The second-order valence-corrected chi connectivity index (χ2v) is 6.84. The van der Waals surface area contributed by atoms with E-state index in [4.69, 9.17) is 21.1 Å². The zero-order valence-corrected chi connectivity index (χ0v) is 15.7. The van der Waals surface area contributed by atoms with Gasteiger partial charge >= 0.3 is 0 Å². The zero-order valence-electron chi connectivity index (χ0n) is 15.0. The Morgan fingerprint density at radius 1 is 1.19 bits per heavy atom. The van der Waals surface area contributed by atoms with Crippen LogP contribution in [0.15, 0.2) is 48.5 Å². The Hall–Kier alpha value is -2.04. The number of halogens is 1. The van der Waals surface area contributed by atoms with Crippen molar-refractivity contribution in [3.05, 3.63) is 64.7 Å². The highest BCUT2D eigenvalue weighted by molar-refractivity contribution is 6.30. The van der Waals surface area contributed by atoms with E-state index in [9.17, 15) is 4.79 Å². The quantitative estimate of drug-likeness (QED) is 0.714. The summed E-state index contributed by atoms with van der Waals surface area (Å²) in [6.07, 6.45) is 2.15. The normalized spacial score (nSPS) is 16.5. The Morgan fingerprint density at radius 2 is 1.92 bits per heavy atom. The van der Waals surface area contributed by atoms with E-state index in [0.29, 0.717) is 30.3 Å². The number of rotatable bonds is 7. The van der Waals surface area contributed by atoms with Gasteiger partial charge in [-0.3, -0.25) is 4.79 Å². The van der Waals surface area contributed by atoms with Crippen LogP contribution >= 0.6 is 11.6 Å². The second-order valence-electron chi connectivity index (χ2n) is 6.40. The molecule has 5 heteroatoms. The minimum atomic E-state index is -0.00139. The van der Waals surface area contributed by atoms with Gasteiger partial charge in [-0.15, -0.1) is 0 Å². The standard InChI is InChI=1S/C21H24ClNO3/c1-2-25-19-11-7-17(8-12-19)21(24)23(15-20-4-3-13-26-20)14-16-5-9-18(22)10-6-16/h5-12,20H,2-4,13-15H2,1H3/t20-/m0/s1. The third-order valence-corrected chi connectivity index (χ3v) is 4.69. The summed E-state index contributed by atoms with van der Waals surface area (Å²) in [5, 5.41) is 0.692. The number of amides is 1. The molecule has 1 saturated heterocycles. The summed E-state index contributed by atoms with van der Waals surface area (Å²) in [7, 11) is 0. The minimum Gasteiger partial charge on any atom is -0.494 e. The summed E-state index contributed by atoms with van der Waals surface area (Å²) in [4.78, 5) is 14.9. The van der Waals surface area contributed by atoms with Crippen molar-refractivity contribution in [2.24, 2.45) is 0 Å². The van der Waals surface area contributed by atoms with Crippen molar-refractivity contribution in [3.8, 4) is 5.75 Å². The van der Waals surface area contributed by atoms with Gasteiger partial charge in [0.15, 0.2) is 0 Å². The maximum absolute atomic E-state index is 13.1. The average molecular weight is 374 g/mol. The third kappa shape index (κ3) is 4.99. The van der Waals surface area contributed by atoms with Gasteiger partial charge in [-0.1, -0.05) is 23.7 Å². The Balaban J connectivity index is 1.76. The molecular formula is C21H24ClNO3. The van der Waals surface area contributed by atoms with Crippen molar-refractivity contribution < 1.29 is 14.3 Å². The van der Waals surface area contributed by atoms with Crippen LogP contribution in [0.4, 0.5) is 0 Å². The number of hydrogen-bond donors (Lipinski definition) is 0. The van der Waals surface area contributed by atoms with Gasteiger partial charge in [-0.05, 0) is 61.7 Å². The third-order valence-electron chi connectivity index (χ3n) is 4.43. The monoisotopic (exact) mass is 373 g/mol. The molecule has 3 rings (SSSR count). The van der Waals surface area contributed by atoms with Crippen LogP contribution < -0.4 is 4.74 Å². The van der Waals surface area contributed by atoms with E-state index < -0.39 is 0 Å². The molecular weight excluding hydrogens is 350 g/mol. The van der Waals surface area contributed by atoms with E-state index in [1.54, 1.807) is 0 Å². The maximum Gasteiger partial charge on any atom is 0.254 e. The van der Waals surface area contributed by atoms with Gasteiger partial charge in [0.2, 0.25) is 0 Å². The van der Waals surface area contributed by atoms with E-state index in [0.717, 1.165) is 30.8 Å². The van der Waals surface area contributed by atoms with Crippen LogP contribution in [0.25, 0.3) is 0 Å². The Kier molecular flexibility index (Phi) is 6.53. The van der Waals surface area contributed by atoms with Crippen molar-refractivity contribution in [1.29, 1.82) is 0 Å². The molecule has 1 amide bonds. The molecule has 0 saturated carbocycles. The molecule has 0 unspecified atom stereocenters. The fourth-order valence-corrected chi connectivity index (χ4v) is 3.23. The van der Waals surface area contributed by atoms with Crippen LogP contribution in [0, 0.1) is 0 Å². The molecule has 1 heterocycles. The van der Waals surface area contributed by atoms with Crippen LogP contribution in [-0.2, 0) is 11.3 Å². The Labute approximate surface area is 159 Å². The molecule has 1 aliphatic rings. The van der Waals surface area contributed by atoms with Crippen LogP contribution in [0.3, 0.4) is 0 Å². The molecule has 1 atom stereocenters. The summed E-state index contributed by atoms with van der Waals surface area (Å²) < 4.78 is 11.2. The molecule has 2 aromatic carbocycles. The fraction of sp³-hybridized carbons (Fsp3) is 0.381. The average Bonchev–Trinajstić information content (AvgIpc) is 3.16. The lowest BCUT2D eigenvalue weighted by atomic mass is 10.1. The van der Waals surface area contributed by atoms with Gasteiger partial charge in [0.25, 0.3) is 5.91 Å². The van der Waals surface area contributed by atoms with Gasteiger partial charge in [0.1, 0.15) is 5.75 Å². The zero-order chi connectivity index (χ0) is 18.4. The number of nitrogens with zero attached hydrogens (tertiary/aromatic N) is 1. The van der Waals surface area contributed by atoms with Gasteiger partial charge in [-0.25, -0.2) is 0 Å². The number of hydrogen-bond acceptors (Lipinski definition) is 3. The predicted octanol–water partition coefficient (Wildman–Crippen LogP) is 4.56. The van der Waals surface area contributed by atoms with Crippen molar-refractivity contribution in [2.45, 2.75) is 32.4 Å². The van der Waals surface area contributed by atoms with Gasteiger partial charge in [-0.2, -0.15) is 0 Å². The first-order chi connectivity index (χ1) is 12.7. The summed E-state index contributed by atoms with van der Waals surface area (Å²) in [5.74, 6) is 0.769. The number of carbonyl (C=O) groups excluding carboxylic acids is 1. The van der Waals surface area contributed by atoms with Crippen molar-refractivity contribution >= 4 is 17.5 Å². The minimum absolute atomic E-state index is 0.00139. The SMILES string of the molecule is CCOc1ccc(C(=O)N(Cc2ccc(Cl)cc2)C[C@@H]2CCCO2)cc1. The largest absolute Gasteiger partial charge is 0.494 e. The second kappa shape index (κ2) is 9.06. The van der Waals surface area contributed by atoms with Crippen molar-refractivity contribution in [1.82, 2.24) is 4.90 Å². The first kappa shape index (κ1) is 18.7. The lowest BCUT2D eigenvalue weighted by molar-refractivity contribution is 0.0507. The van der Waals surface area contributed by atoms with Crippen molar-refractivity contribution in [2.75, 3.05) is 19.8 Å². The van der Waals surface area contributed by atoms with E-state index >= 15 is 0 Å². The number of benzene rings is 2. The smallest absolute Gasteiger partial charge is 0.254 e. The Morgan fingerprint density at radius 3 is 2.54 bits per heavy atom. The molecule has 0 radical (unpaired) electrons. The van der Waals surface area contributed by atoms with E-state index in [1.165, 1.54) is 0 Å². The maximum atomic E-state index is 13.1. The van der Waals surface area contributed by atoms with Crippen LogP contribution in [0.2, 0.25) is 5.02 Å². The highest BCUT2D eigenvalue weighted by atomic mass is 35.5. The summed E-state index contributed by atoms with van der Waals surface area (Å²) in [6, 6.07) is 14.9. The summed E-state index contributed by atoms with van der Waals surface area (Å²) >= 11 is 5.97. The van der Waals surface area contributed by atoms with E-state index in [1.807, 2.05) is 60.4 Å². The highest BCUT2D eigenvalue weighted by Gasteiger charge is 2.23. The molecule has 0 N–H and O–H groups in total. The van der Waals surface area contributed by atoms with Crippen molar-refractivity contribution in [3.63, 3.8) is 0 Å². The molecule has 1 fully saturated rings. The lowest BCUT2D eigenvalue weighted by Gasteiger charge is -2.26. The molecule has 4 nitrogen and oxygen atoms in total. The first-order valence-corrected chi connectivity index (χ1v) is 9.41. The molecule has 1 aliphatic heterocycles. The van der Waals surface area contributed by atoms with Gasteiger partial charge < -0.3 is 14.4 Å². The fourth-order valence-electron chi connectivity index (χ4n) is 3.11. The highest BCUT2D eigenvalue weighted by Crippen LogP contribution is 2.20. The summed E-state index contributed by atoms with van der Waals surface area (Å²) in [5.41, 5.74) is 1.70. The van der Waals surface area contributed by atoms with Crippen LogP contribution in [0.5, 0.6) is 5.75 Å². The predicted molar refractivity (Wildman–Crippen MR) is 103 cm³/mol. The van der Waals surface area contributed by atoms with Gasteiger partial charge in [0.05, 0.1) is 12.7 Å². The van der Waals surface area contributed by atoms with E-state index in [-0.39, 0.29) is 12.0 Å². The lowest BCUT2D eigenvalue weighted by Crippen LogP contribution is -2.36. The van der Waals surface area contributed by atoms with Crippen LogP contribution in [0.1, 0.15) is 35.7 Å². The molecule has 26 heavy (non-hydrogen) atoms. The Bertz CT molecular complexity index is 709. The summed E-state index contributed by atoms with van der Waals surface area (Å²) in [6.45, 7) is 4.44.